The number of nitrogens with one attached hydrogen (secondary N) is 1. The standard InChI is InChI=1S/C20H24N2O11/c1-10(23)29-9-16-17(30-11(2)24)18(31-12(3)25)19(32-13(4)26)20(33-16)21-14-5-7-15(8-6-14)22(27)28/h5-8,16-21H,9H2,1-4H3/t16-,17-,18+,19-,20-/m1/s1. The van der Waals surface area contributed by atoms with E-state index in [1.54, 1.807) is 0 Å². The Labute approximate surface area is 188 Å². The maximum absolute atomic E-state index is 11.8. The summed E-state index contributed by atoms with van der Waals surface area (Å²) in [4.78, 5) is 56.9. The highest BCUT2D eigenvalue weighted by molar-refractivity contribution is 5.69. The Balaban J connectivity index is 2.43. The predicted octanol–water partition coefficient (Wildman–Crippen LogP) is 1.09. The molecule has 1 fully saturated rings. The molecule has 1 N–H and O–H groups in total. The van der Waals surface area contributed by atoms with Gasteiger partial charge in [0.25, 0.3) is 5.69 Å². The summed E-state index contributed by atoms with van der Waals surface area (Å²) >= 11 is 0. The lowest BCUT2D eigenvalue weighted by molar-refractivity contribution is -0.384. The van der Waals surface area contributed by atoms with Crippen molar-refractivity contribution in [3.63, 3.8) is 0 Å². The monoisotopic (exact) mass is 468 g/mol. The molecule has 0 spiro atoms. The van der Waals surface area contributed by atoms with Crippen molar-refractivity contribution in [2.24, 2.45) is 0 Å². The molecule has 13 heteroatoms. The van der Waals surface area contributed by atoms with Crippen LogP contribution in [0.5, 0.6) is 0 Å². The highest BCUT2D eigenvalue weighted by atomic mass is 16.7. The first-order valence-electron chi connectivity index (χ1n) is 9.79. The molecule has 0 aromatic heterocycles. The second-order valence-electron chi connectivity index (χ2n) is 7.07. The van der Waals surface area contributed by atoms with Gasteiger partial charge in [0.2, 0.25) is 0 Å². The van der Waals surface area contributed by atoms with Crippen LogP contribution in [0.25, 0.3) is 0 Å². The van der Waals surface area contributed by atoms with Gasteiger partial charge in [-0.25, -0.2) is 0 Å². The summed E-state index contributed by atoms with van der Waals surface area (Å²) < 4.78 is 26.8. The second-order valence-corrected chi connectivity index (χ2v) is 7.07. The zero-order valence-corrected chi connectivity index (χ0v) is 18.3. The van der Waals surface area contributed by atoms with Crippen molar-refractivity contribution in [2.75, 3.05) is 11.9 Å². The van der Waals surface area contributed by atoms with Gasteiger partial charge in [0.1, 0.15) is 12.7 Å². The lowest BCUT2D eigenvalue weighted by atomic mass is 9.97. The van der Waals surface area contributed by atoms with Crippen LogP contribution in [-0.4, -0.2) is 66.1 Å². The van der Waals surface area contributed by atoms with E-state index >= 15 is 0 Å². The number of non-ortho nitro benzene ring substituents is 1. The number of carbonyl (C=O) groups is 4. The van der Waals surface area contributed by atoms with E-state index < -0.39 is 59.4 Å². The Bertz CT molecular complexity index is 902. The average Bonchev–Trinajstić information content (AvgIpc) is 2.70. The number of rotatable bonds is 8. The Morgan fingerprint density at radius 2 is 1.39 bits per heavy atom. The van der Waals surface area contributed by atoms with E-state index in [1.807, 2.05) is 0 Å². The fourth-order valence-electron chi connectivity index (χ4n) is 3.19. The molecular formula is C20H24N2O11. The summed E-state index contributed by atoms with van der Waals surface area (Å²) in [5, 5.41) is 13.8. The molecule has 0 aliphatic carbocycles. The van der Waals surface area contributed by atoms with Crippen LogP contribution in [0.3, 0.4) is 0 Å². The van der Waals surface area contributed by atoms with Gasteiger partial charge in [0.05, 0.1) is 4.92 Å². The Morgan fingerprint density at radius 3 is 1.88 bits per heavy atom. The van der Waals surface area contributed by atoms with E-state index in [-0.39, 0.29) is 12.3 Å². The number of hydrogen-bond donors (Lipinski definition) is 1. The average molecular weight is 468 g/mol. The summed E-state index contributed by atoms with van der Waals surface area (Å²) in [7, 11) is 0. The number of carbonyl (C=O) groups excluding carboxylic acids is 4. The molecule has 1 aliphatic rings. The molecule has 1 aromatic carbocycles. The van der Waals surface area contributed by atoms with Crippen molar-refractivity contribution in [3.8, 4) is 0 Å². The number of esters is 4. The number of ether oxygens (including phenoxy) is 5. The maximum Gasteiger partial charge on any atom is 0.303 e. The molecular weight excluding hydrogens is 444 g/mol. The Hall–Kier alpha value is -3.74. The van der Waals surface area contributed by atoms with E-state index in [1.165, 1.54) is 31.2 Å². The van der Waals surface area contributed by atoms with Crippen molar-refractivity contribution in [1.29, 1.82) is 0 Å². The van der Waals surface area contributed by atoms with Gasteiger partial charge < -0.3 is 29.0 Å². The van der Waals surface area contributed by atoms with Crippen LogP contribution >= 0.6 is 0 Å². The number of anilines is 1. The van der Waals surface area contributed by atoms with Crippen LogP contribution in [0.1, 0.15) is 27.7 Å². The summed E-state index contributed by atoms with van der Waals surface area (Å²) in [5.74, 6) is -2.86. The molecule has 13 nitrogen and oxygen atoms in total. The first kappa shape index (κ1) is 25.5. The smallest absolute Gasteiger partial charge is 0.303 e. The van der Waals surface area contributed by atoms with Crippen molar-refractivity contribution >= 4 is 35.3 Å². The zero-order valence-electron chi connectivity index (χ0n) is 18.3. The molecule has 180 valence electrons. The molecule has 0 saturated carbocycles. The van der Waals surface area contributed by atoms with Crippen LogP contribution in [-0.2, 0) is 42.9 Å². The fourth-order valence-corrected chi connectivity index (χ4v) is 3.19. The lowest BCUT2D eigenvalue weighted by Crippen LogP contribution is -2.64. The lowest BCUT2D eigenvalue weighted by Gasteiger charge is -2.44. The predicted molar refractivity (Wildman–Crippen MR) is 109 cm³/mol. The topological polar surface area (TPSA) is 170 Å². The maximum atomic E-state index is 11.8. The van der Waals surface area contributed by atoms with Crippen LogP contribution in [0.2, 0.25) is 0 Å². The Morgan fingerprint density at radius 1 is 0.879 bits per heavy atom. The van der Waals surface area contributed by atoms with Gasteiger partial charge in [0.15, 0.2) is 24.5 Å². The molecule has 1 aliphatic heterocycles. The van der Waals surface area contributed by atoms with Gasteiger partial charge in [-0.1, -0.05) is 0 Å². The van der Waals surface area contributed by atoms with Gasteiger partial charge in [-0.3, -0.25) is 29.3 Å². The minimum absolute atomic E-state index is 0.151. The molecule has 0 radical (unpaired) electrons. The van der Waals surface area contributed by atoms with E-state index in [0.29, 0.717) is 5.69 Å². The summed E-state index contributed by atoms with van der Waals surface area (Å²) in [6.07, 6.45) is -6.17. The van der Waals surface area contributed by atoms with Crippen LogP contribution in [0.4, 0.5) is 11.4 Å². The molecule has 5 atom stereocenters. The summed E-state index contributed by atoms with van der Waals surface area (Å²) in [6, 6.07) is 5.28. The van der Waals surface area contributed by atoms with Gasteiger partial charge in [0, 0.05) is 45.5 Å². The largest absolute Gasteiger partial charge is 0.463 e. The molecule has 1 saturated heterocycles. The second kappa shape index (κ2) is 11.2. The molecule has 1 heterocycles. The molecule has 33 heavy (non-hydrogen) atoms. The van der Waals surface area contributed by atoms with Crippen LogP contribution < -0.4 is 5.32 Å². The molecule has 1 aromatic rings. The van der Waals surface area contributed by atoms with E-state index in [2.05, 4.69) is 5.32 Å². The summed E-state index contributed by atoms with van der Waals surface area (Å²) in [5.41, 5.74) is 0.198. The Kier molecular flexibility index (Phi) is 8.68. The van der Waals surface area contributed by atoms with Gasteiger partial charge in [-0.2, -0.15) is 0 Å². The first-order valence-corrected chi connectivity index (χ1v) is 9.79. The number of benzene rings is 1. The van der Waals surface area contributed by atoms with E-state index in [4.69, 9.17) is 23.7 Å². The van der Waals surface area contributed by atoms with Crippen molar-refractivity contribution < 1.29 is 47.8 Å². The van der Waals surface area contributed by atoms with Crippen molar-refractivity contribution in [3.05, 3.63) is 34.4 Å². The number of hydrogen-bond acceptors (Lipinski definition) is 12. The van der Waals surface area contributed by atoms with E-state index in [0.717, 1.165) is 20.8 Å². The minimum Gasteiger partial charge on any atom is -0.463 e. The van der Waals surface area contributed by atoms with Crippen molar-refractivity contribution in [1.82, 2.24) is 0 Å². The van der Waals surface area contributed by atoms with Gasteiger partial charge in [-0.05, 0) is 12.1 Å². The van der Waals surface area contributed by atoms with Crippen LogP contribution in [0, 0.1) is 10.1 Å². The minimum atomic E-state index is -1.32. The zero-order chi connectivity index (χ0) is 24.7. The van der Waals surface area contributed by atoms with Crippen molar-refractivity contribution in [2.45, 2.75) is 58.3 Å². The number of nitrogens with zero attached hydrogens (tertiary/aromatic N) is 1. The third kappa shape index (κ3) is 7.42. The highest BCUT2D eigenvalue weighted by Gasteiger charge is 2.52. The quantitative estimate of drug-likeness (QED) is 0.250. The molecule has 0 amide bonds. The molecule has 0 unspecified atom stereocenters. The summed E-state index contributed by atoms with van der Waals surface area (Å²) in [6.45, 7) is 4.16. The third-order valence-corrected chi connectivity index (χ3v) is 4.38. The molecule has 0 bridgehead atoms. The number of nitro groups is 1. The van der Waals surface area contributed by atoms with Crippen LogP contribution in [0.15, 0.2) is 24.3 Å². The fraction of sp³-hybridized carbons (Fsp3) is 0.500. The van der Waals surface area contributed by atoms with Gasteiger partial charge >= 0.3 is 23.9 Å². The third-order valence-electron chi connectivity index (χ3n) is 4.38. The number of nitro benzene ring substituents is 1. The first-order chi connectivity index (χ1) is 15.5. The normalized spacial score (nSPS) is 24.2. The highest BCUT2D eigenvalue weighted by Crippen LogP contribution is 2.30. The SMILES string of the molecule is CC(=O)OC[C@H]1O[C@@H](Nc2ccc([N+](=O)[O-])cc2)[C@H](OC(C)=O)[C@@H](OC(C)=O)[C@@H]1OC(C)=O. The van der Waals surface area contributed by atoms with Gasteiger partial charge in [-0.15, -0.1) is 0 Å². The molecule has 2 rings (SSSR count). The van der Waals surface area contributed by atoms with E-state index in [9.17, 15) is 29.3 Å².